The van der Waals surface area contributed by atoms with Crippen molar-refractivity contribution in [3.05, 3.63) is 98.5 Å². The van der Waals surface area contributed by atoms with Crippen LogP contribution in [-0.4, -0.2) is 40.7 Å². The maximum Gasteiger partial charge on any atom is 0.322 e. The molecule has 37 heavy (non-hydrogen) atoms. The highest BCUT2D eigenvalue weighted by Crippen LogP contribution is 2.26. The molecule has 0 bridgehead atoms. The van der Waals surface area contributed by atoms with E-state index in [9.17, 15) is 9.59 Å². The van der Waals surface area contributed by atoms with Crippen LogP contribution in [0.25, 0.3) is 16.6 Å². The first-order valence-electron chi connectivity index (χ1n) is 12.2. The lowest BCUT2D eigenvalue weighted by Crippen LogP contribution is -2.40. The second-order valence-corrected chi connectivity index (χ2v) is 9.99. The fourth-order valence-corrected chi connectivity index (χ4v) is 4.87. The van der Waals surface area contributed by atoms with Gasteiger partial charge in [-0.25, -0.2) is 9.78 Å². The summed E-state index contributed by atoms with van der Waals surface area (Å²) >= 11 is 3.45. The maximum absolute atomic E-state index is 13.9. The van der Waals surface area contributed by atoms with Crippen molar-refractivity contribution in [1.82, 2.24) is 14.5 Å². The molecule has 4 aromatic rings. The standard InChI is InChI=1S/C29H31BrN4O3/c1-19-13-14-26(20(2)17-19)34-27(32-25-12-6-5-11-24(25)28(34)35)21(3)33(15-8-16-37-4)29(36)31-23-10-7-9-22(30)18-23/h5-7,9-14,17-18,21H,8,15-16H2,1-4H3,(H,31,36). The zero-order valence-corrected chi connectivity index (χ0v) is 23.1. The van der Waals surface area contributed by atoms with Gasteiger partial charge in [0.15, 0.2) is 0 Å². The van der Waals surface area contributed by atoms with Crippen LogP contribution in [0.5, 0.6) is 0 Å². The summed E-state index contributed by atoms with van der Waals surface area (Å²) in [6.45, 7) is 6.83. The van der Waals surface area contributed by atoms with Gasteiger partial charge in [-0.15, -0.1) is 0 Å². The predicted molar refractivity (Wildman–Crippen MR) is 152 cm³/mol. The monoisotopic (exact) mass is 562 g/mol. The topological polar surface area (TPSA) is 76.5 Å². The molecule has 192 valence electrons. The summed E-state index contributed by atoms with van der Waals surface area (Å²) in [7, 11) is 1.64. The third kappa shape index (κ3) is 5.92. The molecule has 0 radical (unpaired) electrons. The number of ether oxygens (including phenoxy) is 1. The molecule has 2 amide bonds. The molecule has 7 nitrogen and oxygen atoms in total. The number of halogens is 1. The number of urea groups is 1. The highest BCUT2D eigenvalue weighted by atomic mass is 79.9. The minimum Gasteiger partial charge on any atom is -0.385 e. The largest absolute Gasteiger partial charge is 0.385 e. The van der Waals surface area contributed by atoms with Crippen molar-refractivity contribution in [1.29, 1.82) is 0 Å². The van der Waals surface area contributed by atoms with Gasteiger partial charge in [-0.05, 0) is 69.2 Å². The van der Waals surface area contributed by atoms with Crippen molar-refractivity contribution in [3.8, 4) is 5.69 Å². The van der Waals surface area contributed by atoms with Gasteiger partial charge in [-0.1, -0.05) is 51.8 Å². The summed E-state index contributed by atoms with van der Waals surface area (Å²) in [6.07, 6.45) is 0.633. The Labute approximate surface area is 225 Å². The van der Waals surface area contributed by atoms with E-state index in [1.807, 2.05) is 81.4 Å². The van der Waals surface area contributed by atoms with E-state index in [0.717, 1.165) is 21.3 Å². The van der Waals surface area contributed by atoms with Crippen molar-refractivity contribution in [2.45, 2.75) is 33.2 Å². The third-order valence-electron chi connectivity index (χ3n) is 6.32. The molecule has 1 N–H and O–H groups in total. The average Bonchev–Trinajstić information content (AvgIpc) is 2.87. The number of para-hydroxylation sites is 1. The Morgan fingerprint density at radius 1 is 1.11 bits per heavy atom. The van der Waals surface area contributed by atoms with Crippen LogP contribution in [-0.2, 0) is 4.74 Å². The van der Waals surface area contributed by atoms with Crippen LogP contribution in [0.3, 0.4) is 0 Å². The molecule has 0 saturated carbocycles. The molecule has 8 heteroatoms. The van der Waals surface area contributed by atoms with Crippen molar-refractivity contribution in [2.24, 2.45) is 0 Å². The van der Waals surface area contributed by atoms with Crippen molar-refractivity contribution in [3.63, 3.8) is 0 Å². The van der Waals surface area contributed by atoms with Gasteiger partial charge in [0, 0.05) is 30.4 Å². The van der Waals surface area contributed by atoms with E-state index in [1.165, 1.54) is 0 Å². The van der Waals surface area contributed by atoms with Crippen LogP contribution in [0.1, 0.15) is 36.3 Å². The quantitative estimate of drug-likeness (QED) is 0.252. The molecule has 3 aromatic carbocycles. The number of aromatic nitrogens is 2. The molecule has 4 rings (SSSR count). The number of carbonyl (C=O) groups is 1. The smallest absolute Gasteiger partial charge is 0.322 e. The van der Waals surface area contributed by atoms with Crippen LogP contribution in [0.15, 0.2) is 76.0 Å². The number of hydrogen-bond donors (Lipinski definition) is 1. The van der Waals surface area contributed by atoms with Gasteiger partial charge in [0.2, 0.25) is 0 Å². The van der Waals surface area contributed by atoms with E-state index in [-0.39, 0.29) is 11.6 Å². The number of rotatable bonds is 8. The number of methoxy groups -OCH3 is 1. The first-order chi connectivity index (χ1) is 17.8. The van der Waals surface area contributed by atoms with Gasteiger partial charge >= 0.3 is 6.03 Å². The summed E-state index contributed by atoms with van der Waals surface area (Å²) in [5, 5.41) is 3.52. The lowest BCUT2D eigenvalue weighted by atomic mass is 10.1. The number of nitrogens with zero attached hydrogens (tertiary/aromatic N) is 3. The Bertz CT molecular complexity index is 1480. The summed E-state index contributed by atoms with van der Waals surface area (Å²) in [5.41, 5.74) is 3.91. The van der Waals surface area contributed by atoms with Crippen LogP contribution in [0, 0.1) is 13.8 Å². The summed E-state index contributed by atoms with van der Waals surface area (Å²) in [6, 6.07) is 19.9. The van der Waals surface area contributed by atoms with Gasteiger partial charge in [0.05, 0.1) is 22.6 Å². The molecule has 0 saturated heterocycles. The second kappa shape index (κ2) is 11.7. The van der Waals surface area contributed by atoms with Crippen LogP contribution >= 0.6 is 15.9 Å². The zero-order valence-electron chi connectivity index (χ0n) is 21.5. The number of carbonyl (C=O) groups excluding carboxylic acids is 1. The van der Waals surface area contributed by atoms with E-state index in [1.54, 1.807) is 22.6 Å². The van der Waals surface area contributed by atoms with E-state index >= 15 is 0 Å². The third-order valence-corrected chi connectivity index (χ3v) is 6.81. The van der Waals surface area contributed by atoms with Crippen LogP contribution in [0.4, 0.5) is 10.5 Å². The molecule has 0 aliphatic rings. The molecular formula is C29H31BrN4O3. The average molecular weight is 563 g/mol. The van der Waals surface area contributed by atoms with Gasteiger partial charge in [0.1, 0.15) is 5.82 Å². The Balaban J connectivity index is 1.84. The molecule has 1 unspecified atom stereocenters. The van der Waals surface area contributed by atoms with Gasteiger partial charge < -0.3 is 15.0 Å². The van der Waals surface area contributed by atoms with Gasteiger partial charge in [-0.3, -0.25) is 9.36 Å². The highest BCUT2D eigenvalue weighted by Gasteiger charge is 2.27. The number of benzene rings is 3. The molecule has 0 aliphatic heterocycles. The highest BCUT2D eigenvalue weighted by molar-refractivity contribution is 9.10. The number of fused-ring (bicyclic) bond motifs is 1. The first kappa shape index (κ1) is 26.6. The van der Waals surface area contributed by atoms with E-state index in [2.05, 4.69) is 21.2 Å². The van der Waals surface area contributed by atoms with Gasteiger partial charge in [0.25, 0.3) is 5.56 Å². The number of amides is 2. The number of hydrogen-bond acceptors (Lipinski definition) is 4. The lowest BCUT2D eigenvalue weighted by Gasteiger charge is -2.31. The summed E-state index contributed by atoms with van der Waals surface area (Å²) in [5.74, 6) is 0.498. The normalized spacial score (nSPS) is 11.9. The van der Waals surface area contributed by atoms with Gasteiger partial charge in [-0.2, -0.15) is 0 Å². The molecule has 0 aliphatic carbocycles. The zero-order chi connectivity index (χ0) is 26.5. The Kier molecular flexibility index (Phi) is 8.41. The van der Waals surface area contributed by atoms with E-state index < -0.39 is 6.04 Å². The maximum atomic E-state index is 13.9. The fraction of sp³-hybridized carbons (Fsp3) is 0.276. The first-order valence-corrected chi connectivity index (χ1v) is 13.0. The minimum absolute atomic E-state index is 0.163. The van der Waals surface area contributed by atoms with Crippen molar-refractivity contribution in [2.75, 3.05) is 25.6 Å². The van der Waals surface area contributed by atoms with Crippen molar-refractivity contribution < 1.29 is 9.53 Å². The Morgan fingerprint density at radius 2 is 1.89 bits per heavy atom. The SMILES string of the molecule is COCCCN(C(=O)Nc1cccc(Br)c1)C(C)c1nc2ccccc2c(=O)n1-c1ccc(C)cc1C. The number of nitrogens with one attached hydrogen (secondary N) is 1. The molecule has 0 spiro atoms. The Morgan fingerprint density at radius 3 is 2.62 bits per heavy atom. The lowest BCUT2D eigenvalue weighted by molar-refractivity contribution is 0.159. The molecule has 1 aromatic heterocycles. The molecular weight excluding hydrogens is 532 g/mol. The number of anilines is 1. The van der Waals surface area contributed by atoms with E-state index in [4.69, 9.17) is 9.72 Å². The van der Waals surface area contributed by atoms with Crippen LogP contribution < -0.4 is 10.9 Å². The number of aryl methyl sites for hydroxylation is 2. The summed E-state index contributed by atoms with van der Waals surface area (Å²) in [4.78, 5) is 34.1. The predicted octanol–water partition coefficient (Wildman–Crippen LogP) is 6.40. The molecule has 1 heterocycles. The summed E-state index contributed by atoms with van der Waals surface area (Å²) < 4.78 is 7.77. The minimum atomic E-state index is -0.512. The fourth-order valence-electron chi connectivity index (χ4n) is 4.47. The Hall–Kier alpha value is -3.49. The van der Waals surface area contributed by atoms with Crippen molar-refractivity contribution >= 4 is 38.6 Å². The molecule has 0 fully saturated rings. The van der Waals surface area contributed by atoms with E-state index in [0.29, 0.717) is 42.0 Å². The molecule has 1 atom stereocenters. The van der Waals surface area contributed by atoms with Crippen LogP contribution in [0.2, 0.25) is 0 Å². The second-order valence-electron chi connectivity index (χ2n) is 9.07.